The third-order valence-corrected chi connectivity index (χ3v) is 4.02. The van der Waals surface area contributed by atoms with E-state index in [0.29, 0.717) is 0 Å². The number of hydrogen-bond acceptors (Lipinski definition) is 5. The Balaban J connectivity index is 1.75. The van der Waals surface area contributed by atoms with Crippen LogP contribution in [0.25, 0.3) is 0 Å². The number of fused-ring (bicyclic) bond motifs is 1. The van der Waals surface area contributed by atoms with Gasteiger partial charge < -0.3 is 24.7 Å². The Kier molecular flexibility index (Phi) is 3.05. The molecule has 1 aliphatic carbocycles. The minimum Gasteiger partial charge on any atom is -0.375 e. The zero-order chi connectivity index (χ0) is 12.8. The number of methoxy groups -OCH3 is 1. The van der Waals surface area contributed by atoms with Crippen molar-refractivity contribution >= 4 is 5.91 Å². The predicted octanol–water partition coefficient (Wildman–Crippen LogP) is 0.287. The van der Waals surface area contributed by atoms with E-state index in [4.69, 9.17) is 24.7 Å². The van der Waals surface area contributed by atoms with Crippen LogP contribution in [0, 0.1) is 0 Å². The molecule has 0 unspecified atom stereocenters. The molecule has 2 aliphatic heterocycles. The van der Waals surface area contributed by atoms with Gasteiger partial charge in [0.1, 0.15) is 12.2 Å². The van der Waals surface area contributed by atoms with Crippen molar-refractivity contribution in [3.8, 4) is 0 Å². The lowest BCUT2D eigenvalue weighted by molar-refractivity contribution is -0.245. The Morgan fingerprint density at radius 1 is 1.28 bits per heavy atom. The van der Waals surface area contributed by atoms with Crippen molar-refractivity contribution in [1.29, 1.82) is 0 Å². The van der Waals surface area contributed by atoms with Crippen LogP contribution in [-0.4, -0.2) is 43.4 Å². The third kappa shape index (κ3) is 1.84. The molecule has 6 nitrogen and oxygen atoms in total. The van der Waals surface area contributed by atoms with Crippen molar-refractivity contribution in [1.82, 2.24) is 0 Å². The first-order chi connectivity index (χ1) is 8.65. The van der Waals surface area contributed by atoms with Crippen molar-refractivity contribution in [2.24, 2.45) is 5.73 Å². The van der Waals surface area contributed by atoms with Gasteiger partial charge in [0.05, 0.1) is 0 Å². The molecule has 0 radical (unpaired) electrons. The summed E-state index contributed by atoms with van der Waals surface area (Å²) in [7, 11) is 1.53. The van der Waals surface area contributed by atoms with Gasteiger partial charge in [-0.25, -0.2) is 0 Å². The van der Waals surface area contributed by atoms with E-state index in [1.165, 1.54) is 13.5 Å². The molecule has 0 aromatic rings. The average Bonchev–Trinajstić information content (AvgIpc) is 2.83. The minimum absolute atomic E-state index is 0.356. The van der Waals surface area contributed by atoms with E-state index in [1.807, 2.05) is 0 Å². The number of nitrogens with two attached hydrogens (primary N) is 1. The molecule has 2 saturated heterocycles. The lowest BCUT2D eigenvalue weighted by Gasteiger charge is -2.33. The summed E-state index contributed by atoms with van der Waals surface area (Å²) in [4.78, 5) is 11.3. The molecule has 3 aliphatic rings. The van der Waals surface area contributed by atoms with Gasteiger partial charge >= 0.3 is 0 Å². The molecule has 1 amide bonds. The highest BCUT2D eigenvalue weighted by atomic mass is 16.8. The minimum atomic E-state index is -0.786. The van der Waals surface area contributed by atoms with E-state index in [9.17, 15) is 4.79 Å². The fraction of sp³-hybridized carbons (Fsp3) is 0.917. The fourth-order valence-electron chi connectivity index (χ4n) is 3.14. The molecule has 3 rings (SSSR count). The normalized spacial score (nSPS) is 42.1. The maximum atomic E-state index is 11.3. The fourth-order valence-corrected chi connectivity index (χ4v) is 3.14. The lowest BCUT2D eigenvalue weighted by Crippen LogP contribution is -2.44. The number of rotatable bonds is 2. The van der Waals surface area contributed by atoms with Gasteiger partial charge in [0.15, 0.2) is 18.2 Å². The quantitative estimate of drug-likeness (QED) is 0.769. The first-order valence-corrected chi connectivity index (χ1v) is 6.48. The van der Waals surface area contributed by atoms with Gasteiger partial charge in [0.2, 0.25) is 5.91 Å². The Hall–Kier alpha value is -0.690. The maximum absolute atomic E-state index is 11.3. The smallest absolute Gasteiger partial charge is 0.249 e. The largest absolute Gasteiger partial charge is 0.375 e. The van der Waals surface area contributed by atoms with Crippen LogP contribution in [0.4, 0.5) is 0 Å². The van der Waals surface area contributed by atoms with Crippen LogP contribution in [0.1, 0.15) is 32.1 Å². The standard InChI is InChI=1S/C12H19NO5/c1-15-7-8(10(13)14)16-11-9(7)17-12(18-11)5-3-2-4-6-12/h7-9,11H,2-6H2,1H3,(H2,13,14)/t7-,8-,9-,11+/m1/s1. The molecule has 0 bridgehead atoms. The van der Waals surface area contributed by atoms with Crippen molar-refractivity contribution in [2.75, 3.05) is 7.11 Å². The van der Waals surface area contributed by atoms with Crippen molar-refractivity contribution in [3.63, 3.8) is 0 Å². The molecule has 18 heavy (non-hydrogen) atoms. The Labute approximate surface area is 106 Å². The highest BCUT2D eigenvalue weighted by molar-refractivity contribution is 5.80. The summed E-state index contributed by atoms with van der Waals surface area (Å²) in [5.74, 6) is -1.08. The topological polar surface area (TPSA) is 80.0 Å². The summed E-state index contributed by atoms with van der Waals surface area (Å²) in [6, 6.07) is 0. The van der Waals surface area contributed by atoms with Gasteiger partial charge in [-0.2, -0.15) is 0 Å². The SMILES string of the molecule is CO[C@H]1[C@H]2OC3(CCCCC3)O[C@@H]2O[C@H]1C(N)=O. The molecule has 6 heteroatoms. The van der Waals surface area contributed by atoms with Gasteiger partial charge in [-0.3, -0.25) is 4.79 Å². The van der Waals surface area contributed by atoms with Crippen molar-refractivity contribution < 1.29 is 23.7 Å². The molecule has 3 fully saturated rings. The van der Waals surface area contributed by atoms with E-state index in [-0.39, 0.29) is 6.10 Å². The van der Waals surface area contributed by atoms with Crippen LogP contribution in [0.3, 0.4) is 0 Å². The second-order valence-corrected chi connectivity index (χ2v) is 5.20. The lowest BCUT2D eigenvalue weighted by atomic mass is 9.94. The van der Waals surface area contributed by atoms with Crippen LogP contribution in [0.15, 0.2) is 0 Å². The number of hydrogen-bond donors (Lipinski definition) is 1. The summed E-state index contributed by atoms with van der Waals surface area (Å²) < 4.78 is 22.7. The Morgan fingerprint density at radius 2 is 2.00 bits per heavy atom. The van der Waals surface area contributed by atoms with Crippen LogP contribution >= 0.6 is 0 Å². The van der Waals surface area contributed by atoms with E-state index in [1.54, 1.807) is 0 Å². The zero-order valence-electron chi connectivity index (χ0n) is 10.5. The molecule has 1 spiro atoms. The Morgan fingerprint density at radius 3 is 2.61 bits per heavy atom. The highest BCUT2D eigenvalue weighted by Crippen LogP contribution is 2.45. The molecule has 0 aromatic carbocycles. The highest BCUT2D eigenvalue weighted by Gasteiger charge is 2.59. The third-order valence-electron chi connectivity index (χ3n) is 4.02. The maximum Gasteiger partial charge on any atom is 0.249 e. The molecule has 102 valence electrons. The van der Waals surface area contributed by atoms with Crippen LogP contribution in [0.2, 0.25) is 0 Å². The summed E-state index contributed by atoms with van der Waals surface area (Å²) in [6.45, 7) is 0. The number of ether oxygens (including phenoxy) is 4. The van der Waals surface area contributed by atoms with E-state index in [2.05, 4.69) is 0 Å². The molecular weight excluding hydrogens is 238 g/mol. The average molecular weight is 257 g/mol. The van der Waals surface area contributed by atoms with Crippen molar-refractivity contribution in [3.05, 3.63) is 0 Å². The summed E-state index contributed by atoms with van der Waals surface area (Å²) in [6.07, 6.45) is 2.99. The Bertz CT molecular complexity index is 341. The van der Waals surface area contributed by atoms with Crippen molar-refractivity contribution in [2.45, 2.75) is 62.5 Å². The molecule has 4 atom stereocenters. The molecule has 2 N–H and O–H groups in total. The first kappa shape index (κ1) is 12.3. The number of primary amides is 1. The molecule has 0 aromatic heterocycles. The second-order valence-electron chi connectivity index (χ2n) is 5.20. The molecule has 1 saturated carbocycles. The number of carbonyl (C=O) groups is 1. The van der Waals surface area contributed by atoms with Gasteiger partial charge in [-0.15, -0.1) is 0 Å². The van der Waals surface area contributed by atoms with E-state index >= 15 is 0 Å². The summed E-state index contributed by atoms with van der Waals surface area (Å²) in [5, 5.41) is 0. The van der Waals surface area contributed by atoms with Gasteiger partial charge in [0.25, 0.3) is 0 Å². The first-order valence-electron chi connectivity index (χ1n) is 6.48. The molecular formula is C12H19NO5. The van der Waals surface area contributed by atoms with E-state index in [0.717, 1.165) is 25.7 Å². The van der Waals surface area contributed by atoms with Crippen LogP contribution in [0.5, 0.6) is 0 Å². The summed E-state index contributed by atoms with van der Waals surface area (Å²) in [5.41, 5.74) is 5.28. The van der Waals surface area contributed by atoms with Gasteiger partial charge in [0, 0.05) is 20.0 Å². The number of amides is 1. The molecule has 2 heterocycles. The zero-order valence-corrected chi connectivity index (χ0v) is 10.5. The van der Waals surface area contributed by atoms with Crippen LogP contribution < -0.4 is 5.73 Å². The van der Waals surface area contributed by atoms with Gasteiger partial charge in [-0.05, 0) is 12.8 Å². The summed E-state index contributed by atoms with van der Waals surface area (Å²) >= 11 is 0. The number of carbonyl (C=O) groups excluding carboxylic acids is 1. The van der Waals surface area contributed by atoms with E-state index < -0.39 is 30.2 Å². The predicted molar refractivity (Wildman–Crippen MR) is 60.4 cm³/mol. The second kappa shape index (κ2) is 4.45. The van der Waals surface area contributed by atoms with Gasteiger partial charge in [-0.1, -0.05) is 6.42 Å². The monoisotopic (exact) mass is 257 g/mol. The van der Waals surface area contributed by atoms with Crippen LogP contribution in [-0.2, 0) is 23.7 Å².